The molecular weight excluding hydrogens is 246 g/mol. The van der Waals surface area contributed by atoms with Crippen LogP contribution in [0.4, 0.5) is 0 Å². The number of hydrogen-bond acceptors (Lipinski definition) is 4. The van der Waals surface area contributed by atoms with Crippen LogP contribution in [0.2, 0.25) is 0 Å². The molecule has 18 heavy (non-hydrogen) atoms. The van der Waals surface area contributed by atoms with Gasteiger partial charge in [0, 0.05) is 11.6 Å². The van der Waals surface area contributed by atoms with E-state index in [1.807, 2.05) is 35.7 Å². The summed E-state index contributed by atoms with van der Waals surface area (Å²) in [6, 6.07) is 9.23. The number of nitrogens with two attached hydrogens (primary N) is 1. The third-order valence-electron chi connectivity index (χ3n) is 2.53. The molecule has 0 saturated heterocycles. The number of aromatic nitrogens is 1. The number of hydrogen-bond donors (Lipinski definition) is 2. The third-order valence-corrected chi connectivity index (χ3v) is 3.31. The summed E-state index contributed by atoms with van der Waals surface area (Å²) in [6.45, 7) is 0.443. The van der Waals surface area contributed by atoms with Crippen LogP contribution in [0.25, 0.3) is 0 Å². The molecule has 5 heteroatoms. The molecule has 1 heterocycles. The lowest BCUT2D eigenvalue weighted by Gasteiger charge is -2.11. The molecule has 1 aromatic heterocycles. The lowest BCUT2D eigenvalue weighted by Crippen LogP contribution is -2.41. The predicted molar refractivity (Wildman–Crippen MR) is 72.1 cm³/mol. The first-order valence-corrected chi connectivity index (χ1v) is 6.59. The topological polar surface area (TPSA) is 68.0 Å². The molecule has 0 spiro atoms. The summed E-state index contributed by atoms with van der Waals surface area (Å²) in [4.78, 5) is 15.9. The molecule has 4 nitrogen and oxygen atoms in total. The van der Waals surface area contributed by atoms with Crippen molar-refractivity contribution in [1.82, 2.24) is 10.3 Å². The minimum Gasteiger partial charge on any atom is -0.348 e. The monoisotopic (exact) mass is 261 g/mol. The Kier molecular flexibility index (Phi) is 4.44. The maximum absolute atomic E-state index is 11.8. The predicted octanol–water partition coefficient (Wildman–Crippen LogP) is 1.33. The number of carbonyl (C=O) groups excluding carboxylic acids is 1. The van der Waals surface area contributed by atoms with Crippen LogP contribution in [0.5, 0.6) is 0 Å². The number of carbonyl (C=O) groups is 1. The van der Waals surface area contributed by atoms with Crippen molar-refractivity contribution in [1.29, 1.82) is 0 Å². The molecule has 2 aromatic rings. The normalized spacial score (nSPS) is 12.1. The molecule has 0 radical (unpaired) electrons. The van der Waals surface area contributed by atoms with Crippen molar-refractivity contribution in [2.45, 2.75) is 19.0 Å². The summed E-state index contributed by atoms with van der Waals surface area (Å²) >= 11 is 1.51. The van der Waals surface area contributed by atoms with Gasteiger partial charge in [0.25, 0.3) is 0 Å². The van der Waals surface area contributed by atoms with Crippen LogP contribution in [0.3, 0.4) is 0 Å². The van der Waals surface area contributed by atoms with Crippen LogP contribution < -0.4 is 11.1 Å². The minimum absolute atomic E-state index is 0.144. The highest BCUT2D eigenvalue weighted by Crippen LogP contribution is 2.04. The second-order valence-electron chi connectivity index (χ2n) is 3.94. The first-order valence-electron chi connectivity index (χ1n) is 5.71. The Bertz CT molecular complexity index is 484. The van der Waals surface area contributed by atoms with Gasteiger partial charge in [0.15, 0.2) is 0 Å². The molecule has 0 saturated carbocycles. The van der Waals surface area contributed by atoms with Crippen molar-refractivity contribution in [2.75, 3.05) is 0 Å². The van der Waals surface area contributed by atoms with Gasteiger partial charge in [-0.15, -0.1) is 11.3 Å². The molecular formula is C13H15N3OS. The van der Waals surface area contributed by atoms with Gasteiger partial charge in [-0.05, 0) is 12.0 Å². The quantitative estimate of drug-likeness (QED) is 0.853. The fourth-order valence-corrected chi connectivity index (χ4v) is 2.15. The summed E-state index contributed by atoms with van der Waals surface area (Å²) < 4.78 is 0. The molecule has 1 aromatic carbocycles. The van der Waals surface area contributed by atoms with E-state index in [2.05, 4.69) is 10.3 Å². The molecule has 94 valence electrons. The zero-order valence-electron chi connectivity index (χ0n) is 9.87. The van der Waals surface area contributed by atoms with E-state index in [1.54, 1.807) is 6.20 Å². The van der Waals surface area contributed by atoms with Crippen LogP contribution in [-0.4, -0.2) is 16.9 Å². The van der Waals surface area contributed by atoms with Gasteiger partial charge in [0.2, 0.25) is 5.91 Å². The van der Waals surface area contributed by atoms with E-state index in [0.29, 0.717) is 13.0 Å². The lowest BCUT2D eigenvalue weighted by atomic mass is 10.1. The summed E-state index contributed by atoms with van der Waals surface area (Å²) in [5.41, 5.74) is 6.92. The third kappa shape index (κ3) is 3.65. The van der Waals surface area contributed by atoms with Gasteiger partial charge in [-0.1, -0.05) is 30.3 Å². The second-order valence-corrected chi connectivity index (χ2v) is 4.92. The minimum atomic E-state index is -0.521. The van der Waals surface area contributed by atoms with E-state index >= 15 is 0 Å². The van der Waals surface area contributed by atoms with Gasteiger partial charge in [-0.2, -0.15) is 0 Å². The molecule has 0 aliphatic heterocycles. The lowest BCUT2D eigenvalue weighted by molar-refractivity contribution is -0.122. The van der Waals surface area contributed by atoms with Crippen LogP contribution in [0, 0.1) is 0 Å². The van der Waals surface area contributed by atoms with Crippen molar-refractivity contribution in [3.8, 4) is 0 Å². The standard InChI is InChI=1S/C13H15N3OS/c14-11(8-10-4-2-1-3-5-10)13(17)16-9-12-15-6-7-18-12/h1-7,11H,8-9,14H2,(H,16,17)/t11-/m1/s1. The van der Waals surface area contributed by atoms with Crippen LogP contribution in [0.15, 0.2) is 41.9 Å². The van der Waals surface area contributed by atoms with Gasteiger partial charge in [0.05, 0.1) is 12.6 Å². The summed E-state index contributed by atoms with van der Waals surface area (Å²) in [5.74, 6) is -0.144. The first-order chi connectivity index (χ1) is 8.75. The number of amides is 1. The number of rotatable bonds is 5. The average molecular weight is 261 g/mol. The zero-order chi connectivity index (χ0) is 12.8. The second kappa shape index (κ2) is 6.28. The van der Waals surface area contributed by atoms with Crippen molar-refractivity contribution < 1.29 is 4.79 Å². The molecule has 0 fully saturated rings. The van der Waals surface area contributed by atoms with Gasteiger partial charge < -0.3 is 11.1 Å². The Labute approximate surface area is 110 Å². The molecule has 1 atom stereocenters. The summed E-state index contributed by atoms with van der Waals surface area (Å²) in [5, 5.41) is 5.55. The number of nitrogens with zero attached hydrogens (tertiary/aromatic N) is 1. The number of benzene rings is 1. The smallest absolute Gasteiger partial charge is 0.237 e. The van der Waals surface area contributed by atoms with Gasteiger partial charge in [0.1, 0.15) is 5.01 Å². The Morgan fingerprint density at radius 1 is 1.39 bits per heavy atom. The number of thiazole rings is 1. The molecule has 1 amide bonds. The fourth-order valence-electron chi connectivity index (χ4n) is 1.59. The molecule has 2 rings (SSSR count). The van der Waals surface area contributed by atoms with Crippen molar-refractivity contribution >= 4 is 17.2 Å². The Balaban J connectivity index is 1.82. The van der Waals surface area contributed by atoms with E-state index in [1.165, 1.54) is 11.3 Å². The number of nitrogens with one attached hydrogen (secondary N) is 1. The molecule has 0 bridgehead atoms. The van der Waals surface area contributed by atoms with Gasteiger partial charge >= 0.3 is 0 Å². The summed E-state index contributed by atoms with van der Waals surface area (Å²) in [7, 11) is 0. The van der Waals surface area contributed by atoms with Crippen molar-refractivity contribution in [3.63, 3.8) is 0 Å². The maximum atomic E-state index is 11.8. The van der Waals surface area contributed by atoms with Crippen molar-refractivity contribution in [3.05, 3.63) is 52.5 Å². The van der Waals surface area contributed by atoms with E-state index in [4.69, 9.17) is 5.73 Å². The summed E-state index contributed by atoms with van der Waals surface area (Å²) in [6.07, 6.45) is 2.26. The average Bonchev–Trinajstić information content (AvgIpc) is 2.90. The van der Waals surface area contributed by atoms with E-state index < -0.39 is 6.04 Å². The highest BCUT2D eigenvalue weighted by molar-refractivity contribution is 7.09. The van der Waals surface area contributed by atoms with E-state index in [-0.39, 0.29) is 5.91 Å². The Morgan fingerprint density at radius 2 is 2.17 bits per heavy atom. The Morgan fingerprint density at radius 3 is 2.83 bits per heavy atom. The fraction of sp³-hybridized carbons (Fsp3) is 0.231. The highest BCUT2D eigenvalue weighted by atomic mass is 32.1. The van der Waals surface area contributed by atoms with Crippen molar-refractivity contribution in [2.24, 2.45) is 5.73 Å². The van der Waals surface area contributed by atoms with Crippen LogP contribution >= 0.6 is 11.3 Å². The largest absolute Gasteiger partial charge is 0.348 e. The van der Waals surface area contributed by atoms with Gasteiger partial charge in [-0.3, -0.25) is 4.79 Å². The maximum Gasteiger partial charge on any atom is 0.237 e. The highest BCUT2D eigenvalue weighted by Gasteiger charge is 2.13. The van der Waals surface area contributed by atoms with Crippen LogP contribution in [0.1, 0.15) is 10.6 Å². The van der Waals surface area contributed by atoms with E-state index in [9.17, 15) is 4.79 Å². The Hall–Kier alpha value is -1.72. The molecule has 0 aliphatic carbocycles. The molecule has 0 aliphatic rings. The van der Waals surface area contributed by atoms with Gasteiger partial charge in [-0.25, -0.2) is 4.98 Å². The van der Waals surface area contributed by atoms with E-state index in [0.717, 1.165) is 10.6 Å². The van der Waals surface area contributed by atoms with Crippen LogP contribution in [-0.2, 0) is 17.8 Å². The first kappa shape index (κ1) is 12.7. The SMILES string of the molecule is N[C@H](Cc1ccccc1)C(=O)NCc1nccs1. The molecule has 0 unspecified atom stereocenters. The zero-order valence-corrected chi connectivity index (χ0v) is 10.7. The molecule has 3 N–H and O–H groups in total.